The SMILES string of the molecule is C[C@H](N)C(=O)N1CCc2cccc(Br)c2C1.Cl. The summed E-state index contributed by atoms with van der Waals surface area (Å²) in [4.78, 5) is 13.6. The molecule has 1 aliphatic rings. The van der Waals surface area contributed by atoms with Gasteiger partial charge >= 0.3 is 0 Å². The van der Waals surface area contributed by atoms with Crippen LogP contribution in [0.3, 0.4) is 0 Å². The third-order valence-electron chi connectivity index (χ3n) is 2.92. The number of hydrogen-bond acceptors (Lipinski definition) is 2. The standard InChI is InChI=1S/C12H15BrN2O.ClH/c1-8(14)12(16)15-6-5-9-3-2-4-11(13)10(9)7-15;/h2-4,8H,5-7,14H2,1H3;1H/t8-;/m0./s1. The van der Waals surface area contributed by atoms with Crippen molar-refractivity contribution in [3.8, 4) is 0 Å². The number of benzene rings is 1. The van der Waals surface area contributed by atoms with E-state index < -0.39 is 6.04 Å². The van der Waals surface area contributed by atoms with Gasteiger partial charge in [0.2, 0.25) is 5.91 Å². The second kappa shape index (κ2) is 5.85. The Morgan fingerprint density at radius 2 is 2.24 bits per heavy atom. The topological polar surface area (TPSA) is 46.3 Å². The molecule has 17 heavy (non-hydrogen) atoms. The van der Waals surface area contributed by atoms with Crippen molar-refractivity contribution in [1.29, 1.82) is 0 Å². The molecule has 5 heteroatoms. The maximum atomic E-state index is 11.8. The maximum absolute atomic E-state index is 11.8. The predicted molar refractivity (Wildman–Crippen MR) is 74.2 cm³/mol. The van der Waals surface area contributed by atoms with Crippen LogP contribution in [0.2, 0.25) is 0 Å². The van der Waals surface area contributed by atoms with Crippen LogP contribution < -0.4 is 5.73 Å². The van der Waals surface area contributed by atoms with Gasteiger partial charge in [0, 0.05) is 17.6 Å². The summed E-state index contributed by atoms with van der Waals surface area (Å²) in [5.41, 5.74) is 8.16. The van der Waals surface area contributed by atoms with Crippen molar-refractivity contribution < 1.29 is 4.79 Å². The summed E-state index contributed by atoms with van der Waals surface area (Å²) >= 11 is 3.53. The second-order valence-electron chi connectivity index (χ2n) is 4.18. The summed E-state index contributed by atoms with van der Waals surface area (Å²) in [5, 5.41) is 0. The lowest BCUT2D eigenvalue weighted by Crippen LogP contribution is -2.44. The van der Waals surface area contributed by atoms with E-state index in [9.17, 15) is 4.79 Å². The van der Waals surface area contributed by atoms with Gasteiger partial charge in [-0.05, 0) is 30.5 Å². The first-order valence-electron chi connectivity index (χ1n) is 5.40. The van der Waals surface area contributed by atoms with E-state index in [1.807, 2.05) is 17.0 Å². The Balaban J connectivity index is 0.00000144. The van der Waals surface area contributed by atoms with Gasteiger partial charge in [-0.2, -0.15) is 0 Å². The fourth-order valence-electron chi connectivity index (χ4n) is 2.02. The normalized spacial score (nSPS) is 15.8. The number of halogens is 2. The first-order chi connectivity index (χ1) is 7.59. The molecule has 0 unspecified atom stereocenters. The summed E-state index contributed by atoms with van der Waals surface area (Å²) in [5.74, 6) is 0.0291. The van der Waals surface area contributed by atoms with Gasteiger partial charge in [0.15, 0.2) is 0 Å². The Kier molecular flexibility index (Phi) is 4.98. The maximum Gasteiger partial charge on any atom is 0.239 e. The minimum absolute atomic E-state index is 0. The lowest BCUT2D eigenvalue weighted by molar-refractivity contribution is -0.133. The third-order valence-corrected chi connectivity index (χ3v) is 3.66. The zero-order valence-corrected chi connectivity index (χ0v) is 12.1. The van der Waals surface area contributed by atoms with Gasteiger partial charge in [0.1, 0.15) is 0 Å². The number of fused-ring (bicyclic) bond motifs is 1. The van der Waals surface area contributed by atoms with Crippen molar-refractivity contribution >= 4 is 34.2 Å². The number of nitrogens with two attached hydrogens (primary N) is 1. The predicted octanol–water partition coefficient (Wildman–Crippen LogP) is 2.10. The molecular formula is C12H16BrClN2O. The number of amides is 1. The summed E-state index contributed by atoms with van der Waals surface area (Å²) in [6.07, 6.45) is 0.910. The zero-order chi connectivity index (χ0) is 11.7. The highest BCUT2D eigenvalue weighted by atomic mass is 79.9. The van der Waals surface area contributed by atoms with Gasteiger partial charge < -0.3 is 10.6 Å². The van der Waals surface area contributed by atoms with E-state index in [4.69, 9.17) is 5.73 Å². The van der Waals surface area contributed by atoms with Crippen LogP contribution in [0.25, 0.3) is 0 Å². The molecule has 1 aromatic carbocycles. The number of nitrogens with zero attached hydrogens (tertiary/aromatic N) is 1. The third kappa shape index (κ3) is 3.00. The lowest BCUT2D eigenvalue weighted by Gasteiger charge is -2.30. The number of carbonyl (C=O) groups excluding carboxylic acids is 1. The van der Waals surface area contributed by atoms with Crippen molar-refractivity contribution in [3.63, 3.8) is 0 Å². The lowest BCUT2D eigenvalue weighted by atomic mass is 9.99. The Hall–Kier alpha value is -0.580. The largest absolute Gasteiger partial charge is 0.337 e. The Bertz CT molecular complexity index is 423. The van der Waals surface area contributed by atoms with Crippen LogP contribution in [0.1, 0.15) is 18.1 Å². The molecule has 1 heterocycles. The van der Waals surface area contributed by atoms with Crippen molar-refractivity contribution in [2.75, 3.05) is 6.54 Å². The van der Waals surface area contributed by atoms with E-state index >= 15 is 0 Å². The first-order valence-corrected chi connectivity index (χ1v) is 6.19. The van der Waals surface area contributed by atoms with Crippen molar-refractivity contribution in [2.45, 2.75) is 25.9 Å². The average molecular weight is 320 g/mol. The smallest absolute Gasteiger partial charge is 0.239 e. The van der Waals surface area contributed by atoms with E-state index in [-0.39, 0.29) is 18.3 Å². The van der Waals surface area contributed by atoms with Gasteiger partial charge in [-0.1, -0.05) is 28.1 Å². The molecule has 1 atom stereocenters. The van der Waals surface area contributed by atoms with Crippen molar-refractivity contribution in [3.05, 3.63) is 33.8 Å². The molecule has 0 aliphatic carbocycles. The van der Waals surface area contributed by atoms with E-state index in [2.05, 4.69) is 22.0 Å². The van der Waals surface area contributed by atoms with Gasteiger partial charge in [0.05, 0.1) is 6.04 Å². The minimum atomic E-state index is -0.413. The molecule has 3 nitrogen and oxygen atoms in total. The van der Waals surface area contributed by atoms with Crippen LogP contribution >= 0.6 is 28.3 Å². The van der Waals surface area contributed by atoms with Crippen LogP contribution in [-0.4, -0.2) is 23.4 Å². The summed E-state index contributed by atoms with van der Waals surface area (Å²) in [6.45, 7) is 3.17. The highest BCUT2D eigenvalue weighted by Crippen LogP contribution is 2.26. The molecule has 0 saturated carbocycles. The summed E-state index contributed by atoms with van der Waals surface area (Å²) in [6, 6.07) is 5.75. The molecule has 0 saturated heterocycles. The molecule has 2 rings (SSSR count). The molecule has 1 aliphatic heterocycles. The molecule has 94 valence electrons. The zero-order valence-electron chi connectivity index (χ0n) is 9.65. The fourth-order valence-corrected chi connectivity index (χ4v) is 2.55. The van der Waals surface area contributed by atoms with Gasteiger partial charge in [-0.3, -0.25) is 4.79 Å². The fraction of sp³-hybridized carbons (Fsp3) is 0.417. The van der Waals surface area contributed by atoms with Crippen LogP contribution in [-0.2, 0) is 17.8 Å². The minimum Gasteiger partial charge on any atom is -0.337 e. The number of carbonyl (C=O) groups is 1. The van der Waals surface area contributed by atoms with E-state index in [0.717, 1.165) is 17.4 Å². The summed E-state index contributed by atoms with van der Waals surface area (Å²) in [7, 11) is 0. The van der Waals surface area contributed by atoms with Crippen LogP contribution in [0.5, 0.6) is 0 Å². The monoisotopic (exact) mass is 318 g/mol. The highest BCUT2D eigenvalue weighted by Gasteiger charge is 2.23. The first kappa shape index (κ1) is 14.5. The van der Waals surface area contributed by atoms with Gasteiger partial charge in [-0.25, -0.2) is 0 Å². The highest BCUT2D eigenvalue weighted by molar-refractivity contribution is 9.10. The van der Waals surface area contributed by atoms with E-state index in [0.29, 0.717) is 6.54 Å². The number of rotatable bonds is 1. The average Bonchev–Trinajstić information content (AvgIpc) is 2.28. The second-order valence-corrected chi connectivity index (χ2v) is 5.03. The molecular weight excluding hydrogens is 304 g/mol. The molecule has 0 spiro atoms. The molecule has 2 N–H and O–H groups in total. The van der Waals surface area contributed by atoms with E-state index in [1.165, 1.54) is 11.1 Å². The molecule has 1 aromatic rings. The quantitative estimate of drug-likeness (QED) is 0.861. The van der Waals surface area contributed by atoms with Crippen molar-refractivity contribution in [2.24, 2.45) is 5.73 Å². The molecule has 1 amide bonds. The summed E-state index contributed by atoms with van der Waals surface area (Å²) < 4.78 is 1.08. The van der Waals surface area contributed by atoms with Crippen molar-refractivity contribution in [1.82, 2.24) is 4.90 Å². The van der Waals surface area contributed by atoms with Gasteiger partial charge in [-0.15, -0.1) is 12.4 Å². The molecule has 0 bridgehead atoms. The molecule has 0 fully saturated rings. The van der Waals surface area contributed by atoms with Crippen LogP contribution in [0, 0.1) is 0 Å². The Labute approximate surface area is 116 Å². The van der Waals surface area contributed by atoms with E-state index in [1.54, 1.807) is 6.92 Å². The molecule has 0 aromatic heterocycles. The van der Waals surface area contributed by atoms with Crippen LogP contribution in [0.4, 0.5) is 0 Å². The van der Waals surface area contributed by atoms with Gasteiger partial charge in [0.25, 0.3) is 0 Å². The Morgan fingerprint density at radius 1 is 1.53 bits per heavy atom. The Morgan fingerprint density at radius 3 is 2.88 bits per heavy atom. The number of hydrogen-bond donors (Lipinski definition) is 1. The molecule has 0 radical (unpaired) electrons. The van der Waals surface area contributed by atoms with Crippen LogP contribution in [0.15, 0.2) is 22.7 Å².